The van der Waals surface area contributed by atoms with E-state index in [1.165, 1.54) is 0 Å². The zero-order valence-electron chi connectivity index (χ0n) is 12.3. The third-order valence-corrected chi connectivity index (χ3v) is 4.12. The normalized spacial score (nSPS) is 12.5. The molecule has 114 valence electrons. The minimum absolute atomic E-state index is 0.346. The largest absolute Gasteiger partial charge is 0.339 e. The third kappa shape index (κ3) is 5.69. The Labute approximate surface area is 134 Å². The molecule has 0 bridgehead atoms. The van der Waals surface area contributed by atoms with Crippen LogP contribution in [0, 0.1) is 0 Å². The fourth-order valence-electron chi connectivity index (χ4n) is 1.86. The van der Waals surface area contributed by atoms with Crippen LogP contribution >= 0.6 is 23.4 Å². The first kappa shape index (κ1) is 16.3. The number of rotatable bonds is 8. The molecule has 0 aliphatic carbocycles. The fraction of sp³-hybridized carbons (Fsp3) is 0.467. The molecule has 1 aromatic carbocycles. The van der Waals surface area contributed by atoms with Crippen LogP contribution in [0.5, 0.6) is 0 Å². The van der Waals surface area contributed by atoms with Gasteiger partial charge in [0.05, 0.1) is 5.75 Å². The number of aromatic nitrogens is 2. The van der Waals surface area contributed by atoms with Crippen molar-refractivity contribution in [3.63, 3.8) is 0 Å². The van der Waals surface area contributed by atoms with Gasteiger partial charge in [0, 0.05) is 22.4 Å². The summed E-state index contributed by atoms with van der Waals surface area (Å²) in [5.41, 5.74) is 0. The molecular weight excluding hydrogens is 306 g/mol. The third-order valence-electron chi connectivity index (χ3n) is 2.90. The van der Waals surface area contributed by atoms with Gasteiger partial charge in [-0.1, -0.05) is 29.7 Å². The predicted octanol–water partition coefficient (Wildman–Crippen LogP) is 3.95. The molecule has 0 aliphatic heterocycles. The molecule has 4 nitrogen and oxygen atoms in total. The zero-order valence-corrected chi connectivity index (χ0v) is 13.9. The molecule has 1 N–H and O–H groups in total. The monoisotopic (exact) mass is 325 g/mol. The zero-order chi connectivity index (χ0) is 15.1. The lowest BCUT2D eigenvalue weighted by Crippen LogP contribution is -2.28. The number of nitrogens with zero attached hydrogens (tertiary/aromatic N) is 2. The van der Waals surface area contributed by atoms with Crippen LogP contribution < -0.4 is 5.32 Å². The Morgan fingerprint density at radius 2 is 2.29 bits per heavy atom. The number of hydrogen-bond donors (Lipinski definition) is 1. The lowest BCUT2D eigenvalue weighted by Gasteiger charge is -2.09. The maximum atomic E-state index is 5.96. The summed E-state index contributed by atoms with van der Waals surface area (Å²) in [6.07, 6.45) is 1.88. The highest BCUT2D eigenvalue weighted by Gasteiger charge is 2.10. The van der Waals surface area contributed by atoms with Gasteiger partial charge < -0.3 is 9.84 Å². The van der Waals surface area contributed by atoms with Crippen LogP contribution in [-0.2, 0) is 12.2 Å². The summed E-state index contributed by atoms with van der Waals surface area (Å²) in [6.45, 7) is 5.28. The summed E-state index contributed by atoms with van der Waals surface area (Å²) in [4.78, 5) is 5.53. The van der Waals surface area contributed by atoms with Crippen LogP contribution in [0.25, 0.3) is 0 Å². The molecular formula is C15H20ClN3OS. The van der Waals surface area contributed by atoms with Gasteiger partial charge in [0.25, 0.3) is 0 Å². The fourth-order valence-corrected chi connectivity index (χ4v) is 2.91. The average molecular weight is 326 g/mol. The number of halogens is 1. The van der Waals surface area contributed by atoms with Crippen molar-refractivity contribution in [1.82, 2.24) is 15.5 Å². The SMILES string of the molecule is CCCNC(C)Cc1nc(CSc2cccc(Cl)c2)no1. The van der Waals surface area contributed by atoms with Gasteiger partial charge in [0.1, 0.15) is 0 Å². The quantitative estimate of drug-likeness (QED) is 0.745. The van der Waals surface area contributed by atoms with Crippen molar-refractivity contribution in [3.05, 3.63) is 41.0 Å². The van der Waals surface area contributed by atoms with Crippen molar-refractivity contribution in [3.8, 4) is 0 Å². The highest BCUT2D eigenvalue weighted by Crippen LogP contribution is 2.24. The van der Waals surface area contributed by atoms with Gasteiger partial charge in [-0.25, -0.2) is 0 Å². The van der Waals surface area contributed by atoms with Gasteiger partial charge in [0.15, 0.2) is 5.82 Å². The number of thioether (sulfide) groups is 1. The number of benzene rings is 1. The Kier molecular flexibility index (Phi) is 6.54. The Bertz CT molecular complexity index is 561. The Balaban J connectivity index is 1.82. The molecule has 0 fully saturated rings. The first-order chi connectivity index (χ1) is 10.2. The topological polar surface area (TPSA) is 51.0 Å². The van der Waals surface area contributed by atoms with Gasteiger partial charge in [-0.3, -0.25) is 0 Å². The van der Waals surface area contributed by atoms with Gasteiger partial charge in [0.2, 0.25) is 5.89 Å². The maximum Gasteiger partial charge on any atom is 0.228 e. The first-order valence-electron chi connectivity index (χ1n) is 7.10. The van der Waals surface area contributed by atoms with Crippen molar-refractivity contribution in [2.45, 2.75) is 43.4 Å². The molecule has 0 spiro atoms. The van der Waals surface area contributed by atoms with E-state index in [1.54, 1.807) is 11.8 Å². The molecule has 2 rings (SSSR count). The van der Waals surface area contributed by atoms with Crippen molar-refractivity contribution in [2.24, 2.45) is 0 Å². The summed E-state index contributed by atoms with van der Waals surface area (Å²) < 4.78 is 5.29. The standard InChI is InChI=1S/C15H20ClN3OS/c1-3-7-17-11(2)8-15-18-14(19-20-15)10-21-13-6-4-5-12(16)9-13/h4-6,9,11,17H,3,7-8,10H2,1-2H3. The molecule has 1 atom stereocenters. The van der Waals surface area contributed by atoms with Crippen LogP contribution in [0.15, 0.2) is 33.7 Å². The summed E-state index contributed by atoms with van der Waals surface area (Å²) in [7, 11) is 0. The minimum atomic E-state index is 0.346. The van der Waals surface area contributed by atoms with Crippen LogP contribution in [0.2, 0.25) is 5.02 Å². The van der Waals surface area contributed by atoms with E-state index in [-0.39, 0.29) is 0 Å². The van der Waals surface area contributed by atoms with E-state index in [9.17, 15) is 0 Å². The Morgan fingerprint density at radius 1 is 1.43 bits per heavy atom. The predicted molar refractivity (Wildman–Crippen MR) is 86.8 cm³/mol. The molecule has 0 saturated carbocycles. The van der Waals surface area contributed by atoms with Crippen LogP contribution in [0.3, 0.4) is 0 Å². The molecule has 21 heavy (non-hydrogen) atoms. The van der Waals surface area contributed by atoms with E-state index in [0.717, 1.165) is 35.1 Å². The summed E-state index contributed by atoms with van der Waals surface area (Å²) >= 11 is 7.61. The second-order valence-corrected chi connectivity index (χ2v) is 6.39. The van der Waals surface area contributed by atoms with E-state index >= 15 is 0 Å². The van der Waals surface area contributed by atoms with Gasteiger partial charge in [-0.15, -0.1) is 11.8 Å². The first-order valence-corrected chi connectivity index (χ1v) is 8.47. The Morgan fingerprint density at radius 3 is 3.05 bits per heavy atom. The minimum Gasteiger partial charge on any atom is -0.339 e. The van der Waals surface area contributed by atoms with Crippen molar-refractivity contribution < 1.29 is 4.52 Å². The summed E-state index contributed by atoms with van der Waals surface area (Å²) in [5, 5.41) is 8.17. The molecule has 1 unspecified atom stereocenters. The van der Waals surface area contributed by atoms with Crippen LogP contribution in [0.4, 0.5) is 0 Å². The molecule has 1 heterocycles. The van der Waals surface area contributed by atoms with Crippen molar-refractivity contribution in [2.75, 3.05) is 6.54 Å². The van der Waals surface area contributed by atoms with Gasteiger partial charge in [-0.2, -0.15) is 4.98 Å². The van der Waals surface area contributed by atoms with Gasteiger partial charge in [-0.05, 0) is 38.1 Å². The Hall–Kier alpha value is -1.04. The number of hydrogen-bond acceptors (Lipinski definition) is 5. The lowest BCUT2D eigenvalue weighted by molar-refractivity contribution is 0.358. The van der Waals surface area contributed by atoms with Crippen molar-refractivity contribution in [1.29, 1.82) is 0 Å². The highest BCUT2D eigenvalue weighted by molar-refractivity contribution is 7.98. The molecule has 0 aliphatic rings. The molecule has 0 saturated heterocycles. The lowest BCUT2D eigenvalue weighted by atomic mass is 10.2. The van der Waals surface area contributed by atoms with E-state index in [1.807, 2.05) is 24.3 Å². The molecule has 0 radical (unpaired) electrons. The second-order valence-electron chi connectivity index (χ2n) is 4.91. The summed E-state index contributed by atoms with van der Waals surface area (Å²) in [6, 6.07) is 8.10. The highest BCUT2D eigenvalue weighted by atomic mass is 35.5. The van der Waals surface area contributed by atoms with Crippen molar-refractivity contribution >= 4 is 23.4 Å². The van der Waals surface area contributed by atoms with E-state index in [4.69, 9.17) is 16.1 Å². The summed E-state index contributed by atoms with van der Waals surface area (Å²) in [5.74, 6) is 2.09. The molecule has 1 aromatic heterocycles. The van der Waals surface area contributed by atoms with Gasteiger partial charge >= 0.3 is 0 Å². The molecule has 0 amide bonds. The smallest absolute Gasteiger partial charge is 0.228 e. The second kappa shape index (κ2) is 8.41. The van der Waals surface area contributed by atoms with Crippen LogP contribution in [-0.4, -0.2) is 22.7 Å². The van der Waals surface area contributed by atoms with E-state index < -0.39 is 0 Å². The van der Waals surface area contributed by atoms with E-state index in [0.29, 0.717) is 17.7 Å². The van der Waals surface area contributed by atoms with E-state index in [2.05, 4.69) is 29.3 Å². The number of nitrogens with one attached hydrogen (secondary N) is 1. The molecule has 6 heteroatoms. The molecule has 2 aromatic rings. The average Bonchev–Trinajstić information content (AvgIpc) is 2.90. The van der Waals surface area contributed by atoms with Crippen LogP contribution in [0.1, 0.15) is 32.0 Å². The maximum absolute atomic E-state index is 5.96.